The Kier molecular flexibility index (Phi) is 9.07. The fraction of sp³-hybridized carbons (Fsp3) is 0.615. The van der Waals surface area contributed by atoms with Crippen molar-refractivity contribution >= 4 is 20.3 Å². The molecule has 5 atom stereocenters. The second kappa shape index (κ2) is 11.0. The number of amides is 2. The van der Waals surface area contributed by atoms with Crippen molar-refractivity contribution in [3.63, 3.8) is 0 Å². The lowest BCUT2D eigenvalue weighted by Gasteiger charge is -2.42. The van der Waals surface area contributed by atoms with E-state index < -0.39 is 32.3 Å². The third-order valence-corrected chi connectivity index (χ3v) is 11.7. The number of aliphatic hydroxyl groups is 1. The minimum atomic E-state index is -2.10. The number of carbonyl (C=O) groups is 2. The fourth-order valence-corrected chi connectivity index (χ4v) is 5.32. The molecule has 1 heterocycles. The third-order valence-electron chi connectivity index (χ3n) is 7.19. The first-order valence-corrected chi connectivity index (χ1v) is 14.7. The standard InChI is InChI=1S/C26H41NO5Si/c1-9-13-22(32-33(7,8)26(4,5)6)18(2)23(28)19(3)24(29)27-21(17-31-25(27)30)16-20-14-11-10-12-15-20/h9-12,14-15,18-19,21-23,28H,1,13,16-17H2,2-8H3/t18-,19+,21+,22-,23-/m0/s1. The fourth-order valence-electron chi connectivity index (χ4n) is 3.90. The third kappa shape index (κ3) is 6.55. The quantitative estimate of drug-likeness (QED) is 0.373. The van der Waals surface area contributed by atoms with Crippen LogP contribution in [0.3, 0.4) is 0 Å². The first kappa shape index (κ1) is 27.3. The SMILES string of the molecule is C=CC[C@H](O[Si](C)(C)C(C)(C)C)[C@H](C)[C@H](O)[C@@H](C)C(=O)N1C(=O)OC[C@H]1Cc1ccccc1. The molecule has 1 saturated heterocycles. The molecule has 7 heteroatoms. The van der Waals surface area contributed by atoms with Crippen molar-refractivity contribution in [3.05, 3.63) is 48.6 Å². The van der Waals surface area contributed by atoms with Gasteiger partial charge in [-0.2, -0.15) is 0 Å². The maximum absolute atomic E-state index is 13.3. The van der Waals surface area contributed by atoms with Crippen molar-refractivity contribution in [1.82, 2.24) is 4.90 Å². The molecular formula is C26H41NO5Si. The highest BCUT2D eigenvalue weighted by atomic mass is 28.4. The highest BCUT2D eigenvalue weighted by molar-refractivity contribution is 6.74. The number of imide groups is 1. The number of nitrogens with zero attached hydrogens (tertiary/aromatic N) is 1. The predicted molar refractivity (Wildman–Crippen MR) is 133 cm³/mol. The number of carbonyl (C=O) groups excluding carboxylic acids is 2. The van der Waals surface area contributed by atoms with Gasteiger partial charge in [-0.25, -0.2) is 9.69 Å². The van der Waals surface area contributed by atoms with Gasteiger partial charge < -0.3 is 14.3 Å². The number of benzene rings is 1. The molecule has 0 aliphatic carbocycles. The van der Waals surface area contributed by atoms with Crippen molar-refractivity contribution < 1.29 is 23.9 Å². The molecule has 0 aromatic heterocycles. The predicted octanol–water partition coefficient (Wildman–Crippen LogP) is 5.18. The summed E-state index contributed by atoms with van der Waals surface area (Å²) in [7, 11) is -2.10. The van der Waals surface area contributed by atoms with E-state index in [-0.39, 0.29) is 29.7 Å². The number of hydrogen-bond acceptors (Lipinski definition) is 5. The lowest BCUT2D eigenvalue weighted by molar-refractivity contribution is -0.138. The molecule has 1 fully saturated rings. The largest absolute Gasteiger partial charge is 0.447 e. The van der Waals surface area contributed by atoms with Crippen LogP contribution in [0.4, 0.5) is 4.79 Å². The van der Waals surface area contributed by atoms with Gasteiger partial charge >= 0.3 is 6.09 Å². The van der Waals surface area contributed by atoms with Crippen molar-refractivity contribution in [2.75, 3.05) is 6.61 Å². The molecule has 0 bridgehead atoms. The van der Waals surface area contributed by atoms with Gasteiger partial charge in [0.15, 0.2) is 8.32 Å². The van der Waals surface area contributed by atoms with Crippen LogP contribution in [0.2, 0.25) is 18.1 Å². The second-order valence-corrected chi connectivity index (χ2v) is 15.5. The number of hydrogen-bond donors (Lipinski definition) is 1. The molecule has 6 nitrogen and oxygen atoms in total. The van der Waals surface area contributed by atoms with Gasteiger partial charge in [0.05, 0.1) is 24.2 Å². The zero-order valence-electron chi connectivity index (χ0n) is 21.2. The second-order valence-electron chi connectivity index (χ2n) is 10.7. The summed E-state index contributed by atoms with van der Waals surface area (Å²) >= 11 is 0. The molecule has 1 N–H and O–H groups in total. The van der Waals surface area contributed by atoms with Gasteiger partial charge in [0.1, 0.15) is 6.61 Å². The van der Waals surface area contributed by atoms with Gasteiger partial charge in [0, 0.05) is 5.92 Å². The molecule has 0 unspecified atom stereocenters. The molecule has 1 aromatic rings. The Morgan fingerprint density at radius 3 is 2.45 bits per heavy atom. The van der Waals surface area contributed by atoms with Crippen LogP contribution in [0.1, 0.15) is 46.6 Å². The van der Waals surface area contributed by atoms with E-state index in [9.17, 15) is 14.7 Å². The van der Waals surface area contributed by atoms with Crippen molar-refractivity contribution in [2.24, 2.45) is 11.8 Å². The monoisotopic (exact) mass is 475 g/mol. The Bertz CT molecular complexity index is 820. The molecule has 0 spiro atoms. The van der Waals surface area contributed by atoms with E-state index in [0.29, 0.717) is 12.8 Å². The van der Waals surface area contributed by atoms with Gasteiger partial charge in [-0.3, -0.25) is 4.79 Å². The smallest absolute Gasteiger partial charge is 0.416 e. The van der Waals surface area contributed by atoms with Crippen LogP contribution in [0.25, 0.3) is 0 Å². The Morgan fingerprint density at radius 1 is 1.30 bits per heavy atom. The van der Waals surface area contributed by atoms with E-state index in [2.05, 4.69) is 40.4 Å². The molecule has 2 amide bonds. The highest BCUT2D eigenvalue weighted by Crippen LogP contribution is 2.39. The van der Waals surface area contributed by atoms with Crippen LogP contribution >= 0.6 is 0 Å². The van der Waals surface area contributed by atoms with Crippen LogP contribution in [0.15, 0.2) is 43.0 Å². The summed E-state index contributed by atoms with van der Waals surface area (Å²) in [4.78, 5) is 26.9. The Hall–Kier alpha value is -1.96. The van der Waals surface area contributed by atoms with Gasteiger partial charge in [0.2, 0.25) is 5.91 Å². The summed E-state index contributed by atoms with van der Waals surface area (Å²) in [5.41, 5.74) is 1.02. The topological polar surface area (TPSA) is 76.1 Å². The molecule has 184 valence electrons. The molecular weight excluding hydrogens is 434 g/mol. The van der Waals surface area contributed by atoms with Crippen molar-refractivity contribution in [3.8, 4) is 0 Å². The molecule has 2 rings (SSSR count). The molecule has 33 heavy (non-hydrogen) atoms. The molecule has 1 aromatic carbocycles. The normalized spacial score (nSPS) is 20.7. The average Bonchev–Trinajstić information content (AvgIpc) is 3.10. The lowest BCUT2D eigenvalue weighted by atomic mass is 9.87. The number of ether oxygens (including phenoxy) is 1. The Labute approximate surface area is 200 Å². The van der Waals surface area contributed by atoms with Gasteiger partial charge in [-0.1, -0.05) is 71.0 Å². The number of rotatable bonds is 10. The summed E-state index contributed by atoms with van der Waals surface area (Å²) < 4.78 is 11.8. The van der Waals surface area contributed by atoms with E-state index in [1.807, 2.05) is 37.3 Å². The Balaban J connectivity index is 2.16. The van der Waals surface area contributed by atoms with Gasteiger partial charge in [-0.05, 0) is 36.5 Å². The van der Waals surface area contributed by atoms with Gasteiger partial charge in [0.25, 0.3) is 0 Å². The Morgan fingerprint density at radius 2 is 1.91 bits per heavy atom. The number of aliphatic hydroxyl groups excluding tert-OH is 1. The maximum atomic E-state index is 13.3. The zero-order valence-corrected chi connectivity index (χ0v) is 22.2. The summed E-state index contributed by atoms with van der Waals surface area (Å²) in [6.45, 7) is 18.4. The van der Waals surface area contributed by atoms with Crippen molar-refractivity contribution in [1.29, 1.82) is 0 Å². The maximum Gasteiger partial charge on any atom is 0.416 e. The first-order valence-electron chi connectivity index (χ1n) is 11.8. The minimum Gasteiger partial charge on any atom is -0.447 e. The van der Waals surface area contributed by atoms with Crippen molar-refractivity contribution in [2.45, 2.75) is 83.8 Å². The van der Waals surface area contributed by atoms with E-state index >= 15 is 0 Å². The summed E-state index contributed by atoms with van der Waals surface area (Å²) in [6.07, 6.45) is 1.00. The van der Waals surface area contributed by atoms with Crippen LogP contribution in [0.5, 0.6) is 0 Å². The van der Waals surface area contributed by atoms with E-state index in [4.69, 9.17) is 9.16 Å². The number of cyclic esters (lactones) is 1. The highest BCUT2D eigenvalue weighted by Gasteiger charge is 2.45. The van der Waals surface area contributed by atoms with E-state index in [0.717, 1.165) is 5.56 Å². The van der Waals surface area contributed by atoms with Crippen LogP contribution < -0.4 is 0 Å². The summed E-state index contributed by atoms with van der Waals surface area (Å²) in [6, 6.07) is 9.32. The molecule has 0 saturated carbocycles. The summed E-state index contributed by atoms with van der Waals surface area (Å²) in [5, 5.41) is 11.2. The lowest BCUT2D eigenvalue weighted by Crippen LogP contribution is -2.50. The van der Waals surface area contributed by atoms with Crippen LogP contribution in [-0.2, 0) is 20.4 Å². The minimum absolute atomic E-state index is 0.0164. The average molecular weight is 476 g/mol. The summed E-state index contributed by atoms with van der Waals surface area (Å²) in [5.74, 6) is -1.51. The molecule has 1 aliphatic heterocycles. The molecule has 0 radical (unpaired) electrons. The van der Waals surface area contributed by atoms with E-state index in [1.54, 1.807) is 13.0 Å². The first-order chi connectivity index (χ1) is 15.3. The van der Waals surface area contributed by atoms with Crippen LogP contribution in [-0.4, -0.2) is 55.2 Å². The van der Waals surface area contributed by atoms with E-state index in [1.165, 1.54) is 4.90 Å². The zero-order chi connectivity index (χ0) is 25.0. The van der Waals surface area contributed by atoms with Gasteiger partial charge in [-0.15, -0.1) is 6.58 Å². The van der Waals surface area contributed by atoms with Crippen LogP contribution in [0, 0.1) is 11.8 Å². The molecule has 1 aliphatic rings.